The van der Waals surface area contributed by atoms with Crippen molar-refractivity contribution in [3.63, 3.8) is 0 Å². The highest BCUT2D eigenvalue weighted by Gasteiger charge is 2.16. The Balaban J connectivity index is 1.64. The van der Waals surface area contributed by atoms with E-state index >= 15 is 0 Å². The van der Waals surface area contributed by atoms with Gasteiger partial charge in [-0.05, 0) is 32.9 Å². The first kappa shape index (κ1) is 19.3. The molecular formula is C28H19BO2S. The van der Waals surface area contributed by atoms with Crippen molar-refractivity contribution in [2.75, 3.05) is 0 Å². The van der Waals surface area contributed by atoms with E-state index in [4.69, 9.17) is 0 Å². The fourth-order valence-corrected chi connectivity index (χ4v) is 5.95. The van der Waals surface area contributed by atoms with Crippen LogP contribution in [0.5, 0.6) is 0 Å². The largest absolute Gasteiger partial charge is 0.488 e. The molecule has 0 saturated heterocycles. The molecule has 0 unspecified atom stereocenters. The molecule has 1 heterocycles. The Bertz CT molecular complexity index is 1610. The molecule has 6 aromatic rings. The predicted molar refractivity (Wildman–Crippen MR) is 138 cm³/mol. The lowest BCUT2D eigenvalue weighted by Gasteiger charge is -2.08. The van der Waals surface area contributed by atoms with Crippen LogP contribution in [0.2, 0.25) is 0 Å². The molecule has 0 radical (unpaired) electrons. The van der Waals surface area contributed by atoms with Gasteiger partial charge in [0, 0.05) is 25.7 Å². The van der Waals surface area contributed by atoms with E-state index in [-0.39, 0.29) is 0 Å². The second kappa shape index (κ2) is 7.61. The van der Waals surface area contributed by atoms with E-state index in [9.17, 15) is 10.0 Å². The third-order valence-corrected chi connectivity index (χ3v) is 7.39. The van der Waals surface area contributed by atoms with Crippen LogP contribution in [0.3, 0.4) is 0 Å². The molecule has 0 spiro atoms. The van der Waals surface area contributed by atoms with E-state index in [1.807, 2.05) is 18.2 Å². The zero-order chi connectivity index (χ0) is 21.7. The van der Waals surface area contributed by atoms with Gasteiger partial charge in [-0.15, -0.1) is 11.3 Å². The number of hydrogen-bond donors (Lipinski definition) is 2. The van der Waals surface area contributed by atoms with Crippen LogP contribution in [0.4, 0.5) is 0 Å². The van der Waals surface area contributed by atoms with E-state index in [0.29, 0.717) is 5.46 Å². The van der Waals surface area contributed by atoms with Gasteiger partial charge >= 0.3 is 7.12 Å². The van der Waals surface area contributed by atoms with Gasteiger partial charge in [0.1, 0.15) is 0 Å². The van der Waals surface area contributed by atoms with Crippen LogP contribution in [-0.4, -0.2) is 17.2 Å². The second-order valence-electron chi connectivity index (χ2n) is 7.99. The minimum atomic E-state index is -1.48. The lowest BCUT2D eigenvalue weighted by molar-refractivity contribution is 0.426. The molecule has 2 N–H and O–H groups in total. The Morgan fingerprint density at radius 1 is 0.531 bits per heavy atom. The number of hydrogen-bond acceptors (Lipinski definition) is 3. The minimum absolute atomic E-state index is 0.497. The topological polar surface area (TPSA) is 40.5 Å². The SMILES string of the molecule is OB(O)c1cccc(-c2cccc3c2sc2c(-c4cccc5ccccc45)cccc23)c1. The van der Waals surface area contributed by atoms with Crippen LogP contribution in [0.25, 0.3) is 53.2 Å². The molecule has 152 valence electrons. The van der Waals surface area contributed by atoms with Crippen molar-refractivity contribution in [3.05, 3.63) is 103 Å². The third-order valence-electron chi connectivity index (χ3n) is 6.10. The summed E-state index contributed by atoms with van der Waals surface area (Å²) in [6.45, 7) is 0. The molecule has 0 atom stereocenters. The van der Waals surface area contributed by atoms with Crippen LogP contribution in [0.1, 0.15) is 0 Å². The minimum Gasteiger partial charge on any atom is -0.423 e. The fraction of sp³-hybridized carbons (Fsp3) is 0. The van der Waals surface area contributed by atoms with Crippen molar-refractivity contribution in [1.82, 2.24) is 0 Å². The predicted octanol–water partition coefficient (Wildman–Crippen LogP) is 6.22. The summed E-state index contributed by atoms with van der Waals surface area (Å²) in [5.74, 6) is 0. The Morgan fingerprint density at radius 2 is 1.12 bits per heavy atom. The zero-order valence-corrected chi connectivity index (χ0v) is 18.0. The van der Waals surface area contributed by atoms with Crippen LogP contribution >= 0.6 is 11.3 Å². The average molecular weight is 430 g/mol. The van der Waals surface area contributed by atoms with E-state index in [2.05, 4.69) is 78.9 Å². The van der Waals surface area contributed by atoms with Crippen LogP contribution in [0, 0.1) is 0 Å². The second-order valence-corrected chi connectivity index (χ2v) is 9.01. The summed E-state index contributed by atoms with van der Waals surface area (Å²) in [6.07, 6.45) is 0. The quantitative estimate of drug-likeness (QED) is 0.327. The molecule has 0 aliphatic rings. The Labute approximate surface area is 190 Å². The molecule has 0 saturated carbocycles. The van der Waals surface area contributed by atoms with Crippen molar-refractivity contribution in [3.8, 4) is 22.3 Å². The molecule has 0 aliphatic heterocycles. The summed E-state index contributed by atoms with van der Waals surface area (Å²) in [7, 11) is -1.48. The van der Waals surface area contributed by atoms with Crippen LogP contribution in [0.15, 0.2) is 103 Å². The molecule has 32 heavy (non-hydrogen) atoms. The van der Waals surface area contributed by atoms with Gasteiger partial charge in [-0.3, -0.25) is 0 Å². The number of thiophene rings is 1. The molecule has 0 fully saturated rings. The van der Waals surface area contributed by atoms with Crippen molar-refractivity contribution < 1.29 is 10.0 Å². The van der Waals surface area contributed by atoms with Crippen molar-refractivity contribution >= 4 is 54.9 Å². The summed E-state index contributed by atoms with van der Waals surface area (Å²) in [5.41, 5.74) is 5.07. The first-order chi connectivity index (χ1) is 15.7. The summed E-state index contributed by atoms with van der Waals surface area (Å²) in [5, 5.41) is 24.2. The van der Waals surface area contributed by atoms with Crippen molar-refractivity contribution in [2.24, 2.45) is 0 Å². The van der Waals surface area contributed by atoms with Gasteiger partial charge in [0.2, 0.25) is 0 Å². The molecule has 0 bridgehead atoms. The number of benzene rings is 5. The molecule has 4 heteroatoms. The smallest absolute Gasteiger partial charge is 0.423 e. The first-order valence-corrected chi connectivity index (χ1v) is 11.4. The number of rotatable bonds is 3. The molecule has 5 aromatic carbocycles. The highest BCUT2D eigenvalue weighted by molar-refractivity contribution is 7.26. The Hall–Kier alpha value is -3.44. The highest BCUT2D eigenvalue weighted by Crippen LogP contribution is 2.44. The molecular weight excluding hydrogens is 411 g/mol. The van der Waals surface area contributed by atoms with Gasteiger partial charge in [-0.1, -0.05) is 103 Å². The fourth-order valence-electron chi connectivity index (χ4n) is 4.59. The Morgan fingerprint density at radius 3 is 1.94 bits per heavy atom. The molecule has 2 nitrogen and oxygen atoms in total. The maximum atomic E-state index is 9.63. The monoisotopic (exact) mass is 430 g/mol. The molecule has 0 amide bonds. The average Bonchev–Trinajstić information content (AvgIpc) is 3.23. The van der Waals surface area contributed by atoms with Gasteiger partial charge in [0.05, 0.1) is 0 Å². The Kier molecular flexibility index (Phi) is 4.58. The maximum absolute atomic E-state index is 9.63. The van der Waals surface area contributed by atoms with Crippen LogP contribution in [-0.2, 0) is 0 Å². The summed E-state index contributed by atoms with van der Waals surface area (Å²) in [4.78, 5) is 0. The van der Waals surface area contributed by atoms with Gasteiger partial charge in [0.15, 0.2) is 0 Å². The molecule has 0 aliphatic carbocycles. The summed E-state index contributed by atoms with van der Waals surface area (Å²) < 4.78 is 2.48. The number of fused-ring (bicyclic) bond motifs is 4. The maximum Gasteiger partial charge on any atom is 0.488 e. The molecule has 6 rings (SSSR count). The van der Waals surface area contributed by atoms with Crippen molar-refractivity contribution in [2.45, 2.75) is 0 Å². The highest BCUT2D eigenvalue weighted by atomic mass is 32.1. The van der Waals surface area contributed by atoms with Gasteiger partial charge in [-0.2, -0.15) is 0 Å². The third kappa shape index (κ3) is 3.04. The van der Waals surface area contributed by atoms with Crippen molar-refractivity contribution in [1.29, 1.82) is 0 Å². The lowest BCUT2D eigenvalue weighted by Crippen LogP contribution is -2.29. The van der Waals surface area contributed by atoms with E-state index in [0.717, 1.165) is 11.1 Å². The molecule has 1 aromatic heterocycles. The lowest BCUT2D eigenvalue weighted by atomic mass is 9.79. The van der Waals surface area contributed by atoms with E-state index in [1.165, 1.54) is 42.1 Å². The van der Waals surface area contributed by atoms with E-state index in [1.54, 1.807) is 17.4 Å². The first-order valence-electron chi connectivity index (χ1n) is 10.6. The van der Waals surface area contributed by atoms with Gasteiger partial charge in [-0.25, -0.2) is 0 Å². The van der Waals surface area contributed by atoms with Gasteiger partial charge < -0.3 is 10.0 Å². The van der Waals surface area contributed by atoms with Gasteiger partial charge in [0.25, 0.3) is 0 Å². The standard InChI is InChI=1S/C28H19BO2S/c30-29(31)20-10-3-9-19(17-20)22-12-5-15-25-26-16-6-14-24(28(26)32-27(22)25)23-13-4-8-18-7-1-2-11-21(18)23/h1-17,30-31H. The summed E-state index contributed by atoms with van der Waals surface area (Å²) >= 11 is 1.80. The summed E-state index contributed by atoms with van der Waals surface area (Å²) in [6, 6.07) is 35.4. The van der Waals surface area contributed by atoms with E-state index < -0.39 is 7.12 Å². The van der Waals surface area contributed by atoms with Crippen LogP contribution < -0.4 is 5.46 Å². The normalized spacial score (nSPS) is 11.4. The zero-order valence-electron chi connectivity index (χ0n) is 17.2.